The first kappa shape index (κ1) is 23.4. The maximum absolute atomic E-state index is 12.9. The molecule has 0 aliphatic heterocycles. The molecular weight excluding hydrogens is 431 g/mol. The van der Waals surface area contributed by atoms with E-state index in [0.29, 0.717) is 4.90 Å². The Kier molecular flexibility index (Phi) is 6.33. The van der Waals surface area contributed by atoms with E-state index in [1.807, 2.05) is 13.8 Å². The number of rotatable bonds is 7. The zero-order chi connectivity index (χ0) is 23.8. The third-order valence-corrected chi connectivity index (χ3v) is 4.86. The minimum atomic E-state index is -4.53. The molecule has 0 atom stereocenters. The van der Waals surface area contributed by atoms with Crippen LogP contribution in [0.2, 0.25) is 0 Å². The second kappa shape index (κ2) is 8.67. The molecule has 9 nitrogen and oxygen atoms in total. The molecule has 1 saturated carbocycles. The standard InChI is InChI=1S/C20H24F3N5O4/c1-11(2)9-27-17-12(4-7-14(29)26(3)10-20(21,22)23)8-24-28(17)19(32)15(18(27)31)16(30)25-13-5-6-13/h4,7-8,11,13H,5-6,9-10H2,1-3H3,(H2,25,30,31,32)/p+1/b7-4+. The fourth-order valence-corrected chi connectivity index (χ4v) is 3.24. The molecule has 2 aromatic heterocycles. The molecule has 1 aliphatic carbocycles. The fraction of sp³-hybridized carbons (Fsp3) is 0.500. The average Bonchev–Trinajstić information content (AvgIpc) is 3.37. The zero-order valence-corrected chi connectivity index (χ0v) is 17.9. The van der Waals surface area contributed by atoms with Gasteiger partial charge in [0.25, 0.3) is 5.91 Å². The molecule has 2 amide bonds. The highest BCUT2D eigenvalue weighted by atomic mass is 19.4. The maximum Gasteiger partial charge on any atom is 0.406 e. The molecule has 0 radical (unpaired) electrons. The molecule has 3 rings (SSSR count). The van der Waals surface area contributed by atoms with Gasteiger partial charge >= 0.3 is 23.3 Å². The summed E-state index contributed by atoms with van der Waals surface area (Å²) in [6, 6.07) is -0.0256. The molecule has 0 spiro atoms. The Bertz CT molecular complexity index is 1130. The Morgan fingerprint density at radius 3 is 2.62 bits per heavy atom. The van der Waals surface area contributed by atoms with Crippen LogP contribution in [0.4, 0.5) is 13.2 Å². The molecule has 0 aromatic carbocycles. The van der Waals surface area contributed by atoms with Gasteiger partial charge in [-0.05, 0) is 24.8 Å². The SMILES string of the molecule is CC(C)C[n+]1c(O)c(C(=O)NC2CC2)c(=O)n2[nH]cc(/C=C/C(=O)N(C)CC(F)(F)F)c21. The Balaban J connectivity index is 2.05. The van der Waals surface area contributed by atoms with Crippen LogP contribution in [0.25, 0.3) is 11.7 Å². The van der Waals surface area contributed by atoms with Gasteiger partial charge in [0.15, 0.2) is 0 Å². The Labute approximate surface area is 181 Å². The van der Waals surface area contributed by atoms with Gasteiger partial charge in [-0.25, -0.2) is 9.89 Å². The van der Waals surface area contributed by atoms with Crippen molar-refractivity contribution in [2.75, 3.05) is 13.6 Å². The largest absolute Gasteiger partial charge is 0.477 e. The van der Waals surface area contributed by atoms with E-state index in [0.717, 1.165) is 30.5 Å². The Morgan fingerprint density at radius 2 is 2.06 bits per heavy atom. The molecule has 2 heterocycles. The van der Waals surface area contributed by atoms with Crippen molar-refractivity contribution < 1.29 is 32.4 Å². The highest BCUT2D eigenvalue weighted by Crippen LogP contribution is 2.21. The number of carbonyl (C=O) groups excluding carboxylic acids is 2. The number of aromatic nitrogens is 3. The molecule has 0 saturated heterocycles. The lowest BCUT2D eigenvalue weighted by Crippen LogP contribution is -2.46. The van der Waals surface area contributed by atoms with Crippen LogP contribution in [-0.2, 0) is 11.3 Å². The van der Waals surface area contributed by atoms with Gasteiger partial charge in [-0.2, -0.15) is 17.7 Å². The van der Waals surface area contributed by atoms with E-state index in [4.69, 9.17) is 0 Å². The van der Waals surface area contributed by atoms with E-state index >= 15 is 0 Å². The molecule has 0 unspecified atom stereocenters. The van der Waals surface area contributed by atoms with Crippen molar-refractivity contribution in [1.82, 2.24) is 19.8 Å². The van der Waals surface area contributed by atoms with Gasteiger partial charge in [-0.1, -0.05) is 18.4 Å². The van der Waals surface area contributed by atoms with Crippen molar-refractivity contribution in [2.24, 2.45) is 5.92 Å². The highest BCUT2D eigenvalue weighted by Gasteiger charge is 2.34. The van der Waals surface area contributed by atoms with Crippen molar-refractivity contribution >= 4 is 23.5 Å². The van der Waals surface area contributed by atoms with Crippen LogP contribution < -0.4 is 15.4 Å². The summed E-state index contributed by atoms with van der Waals surface area (Å²) in [5, 5.41) is 16.2. The first-order valence-electron chi connectivity index (χ1n) is 10.1. The average molecular weight is 456 g/mol. The highest BCUT2D eigenvalue weighted by molar-refractivity contribution is 5.96. The van der Waals surface area contributed by atoms with E-state index < -0.39 is 41.5 Å². The number of alkyl halides is 3. The van der Waals surface area contributed by atoms with Crippen LogP contribution in [0.1, 0.15) is 42.6 Å². The normalized spacial score (nSPS) is 14.5. The molecule has 174 valence electrons. The van der Waals surface area contributed by atoms with Crippen LogP contribution in [0, 0.1) is 5.92 Å². The number of nitrogens with one attached hydrogen (secondary N) is 2. The van der Waals surface area contributed by atoms with Crippen molar-refractivity contribution in [3.63, 3.8) is 0 Å². The molecule has 32 heavy (non-hydrogen) atoms. The number of halogens is 3. The summed E-state index contributed by atoms with van der Waals surface area (Å²) in [4.78, 5) is 38.0. The van der Waals surface area contributed by atoms with Gasteiger partial charge < -0.3 is 15.3 Å². The predicted octanol–water partition coefficient (Wildman–Crippen LogP) is 1.20. The first-order chi connectivity index (χ1) is 14.9. The second-order valence-corrected chi connectivity index (χ2v) is 8.29. The summed E-state index contributed by atoms with van der Waals surface area (Å²) in [6.07, 6.45) is 0.635. The van der Waals surface area contributed by atoms with E-state index in [1.165, 1.54) is 16.8 Å². The summed E-state index contributed by atoms with van der Waals surface area (Å²) in [6.45, 7) is 2.57. The summed E-state index contributed by atoms with van der Waals surface area (Å²) in [5.74, 6) is -2.07. The van der Waals surface area contributed by atoms with Crippen LogP contribution in [0.15, 0.2) is 17.1 Å². The number of aromatic amines is 1. The van der Waals surface area contributed by atoms with Crippen molar-refractivity contribution in [2.45, 2.75) is 45.5 Å². The number of fused-ring (bicyclic) bond motifs is 1. The molecule has 3 N–H and O–H groups in total. The van der Waals surface area contributed by atoms with Crippen LogP contribution in [0.5, 0.6) is 5.88 Å². The summed E-state index contributed by atoms with van der Waals surface area (Å²) < 4.78 is 40.0. The van der Waals surface area contributed by atoms with E-state index in [2.05, 4.69) is 10.4 Å². The Morgan fingerprint density at radius 1 is 1.41 bits per heavy atom. The van der Waals surface area contributed by atoms with Gasteiger partial charge in [0, 0.05) is 19.2 Å². The third kappa shape index (κ3) is 5.11. The van der Waals surface area contributed by atoms with Crippen LogP contribution in [0.3, 0.4) is 0 Å². The monoisotopic (exact) mass is 456 g/mol. The van der Waals surface area contributed by atoms with Gasteiger partial charge in [0.1, 0.15) is 6.54 Å². The lowest BCUT2D eigenvalue weighted by molar-refractivity contribution is -0.686. The topological polar surface area (TPSA) is 111 Å². The van der Waals surface area contributed by atoms with Crippen molar-refractivity contribution in [3.05, 3.63) is 33.8 Å². The predicted molar refractivity (Wildman–Crippen MR) is 108 cm³/mol. The third-order valence-electron chi connectivity index (χ3n) is 4.86. The van der Waals surface area contributed by atoms with Gasteiger partial charge in [0.05, 0.1) is 18.3 Å². The first-order valence-corrected chi connectivity index (χ1v) is 10.1. The summed E-state index contributed by atoms with van der Waals surface area (Å²) >= 11 is 0. The fourth-order valence-electron chi connectivity index (χ4n) is 3.24. The number of H-pyrrole nitrogens is 1. The molecule has 1 aliphatic rings. The summed E-state index contributed by atoms with van der Waals surface area (Å²) in [7, 11) is 1.02. The number of carbonyl (C=O) groups is 2. The van der Waals surface area contributed by atoms with Crippen LogP contribution in [-0.4, -0.2) is 57.2 Å². The number of nitrogens with zero attached hydrogens (tertiary/aromatic N) is 3. The number of likely N-dealkylation sites (N-methyl/N-ethyl adjacent to an activating group) is 1. The molecule has 12 heteroatoms. The second-order valence-electron chi connectivity index (χ2n) is 8.29. The smallest absolute Gasteiger partial charge is 0.406 e. The van der Waals surface area contributed by atoms with Crippen LogP contribution >= 0.6 is 0 Å². The van der Waals surface area contributed by atoms with E-state index in [9.17, 15) is 32.7 Å². The molecule has 0 bridgehead atoms. The minimum absolute atomic E-state index is 0.0119. The van der Waals surface area contributed by atoms with Crippen molar-refractivity contribution in [1.29, 1.82) is 0 Å². The maximum atomic E-state index is 12.9. The molecule has 2 aromatic rings. The number of hydrogen-bond acceptors (Lipinski definition) is 4. The summed E-state index contributed by atoms with van der Waals surface area (Å²) in [5.41, 5.74) is -0.739. The number of amides is 2. The van der Waals surface area contributed by atoms with Gasteiger partial charge in [-0.3, -0.25) is 9.59 Å². The number of hydrogen-bond donors (Lipinski definition) is 3. The van der Waals surface area contributed by atoms with Gasteiger partial charge in [-0.15, -0.1) is 0 Å². The number of aromatic hydroxyl groups is 1. The van der Waals surface area contributed by atoms with Gasteiger partial charge in [0.2, 0.25) is 11.5 Å². The molecular formula is C20H25F3N5O4+. The van der Waals surface area contributed by atoms with Crippen molar-refractivity contribution in [3.8, 4) is 5.88 Å². The Hall–Kier alpha value is -3.31. The lowest BCUT2D eigenvalue weighted by atomic mass is 10.2. The van der Waals surface area contributed by atoms with E-state index in [-0.39, 0.29) is 29.7 Å². The van der Waals surface area contributed by atoms with E-state index in [1.54, 1.807) is 0 Å². The molecule has 1 fully saturated rings. The zero-order valence-electron chi connectivity index (χ0n) is 17.9. The quantitative estimate of drug-likeness (QED) is 0.430. The lowest BCUT2D eigenvalue weighted by Gasteiger charge is -2.16. The minimum Gasteiger partial charge on any atom is -0.477 e.